The number of allylic oxidation sites excluding steroid dienone is 1. The van der Waals surface area contributed by atoms with Crippen molar-refractivity contribution < 1.29 is 4.84 Å². The van der Waals surface area contributed by atoms with Crippen LogP contribution in [-0.4, -0.2) is 6.61 Å². The van der Waals surface area contributed by atoms with Crippen LogP contribution in [0.3, 0.4) is 0 Å². The third-order valence-electron chi connectivity index (χ3n) is 0.649. The van der Waals surface area contributed by atoms with E-state index in [9.17, 15) is 0 Å². The monoisotopic (exact) mass is 115 g/mol. The lowest BCUT2D eigenvalue weighted by Gasteiger charge is -1.94. The van der Waals surface area contributed by atoms with Gasteiger partial charge in [-0.3, -0.25) is 10.3 Å². The second-order valence-electron chi connectivity index (χ2n) is 1.36. The minimum absolute atomic E-state index is 0.702. The van der Waals surface area contributed by atoms with Crippen molar-refractivity contribution >= 4 is 0 Å². The Hall–Kier alpha value is -0.500. The standard InChI is InChI=1S/C6H13NO/c1-3-5-6-7-8-4-2/h5-7H,3-4H2,1-2H3/b6-5+. The van der Waals surface area contributed by atoms with Crippen molar-refractivity contribution in [2.75, 3.05) is 6.61 Å². The van der Waals surface area contributed by atoms with Gasteiger partial charge in [0.05, 0.1) is 6.61 Å². The molecule has 8 heavy (non-hydrogen) atoms. The van der Waals surface area contributed by atoms with Gasteiger partial charge in [0.15, 0.2) is 0 Å². The average molecular weight is 115 g/mol. The van der Waals surface area contributed by atoms with Crippen molar-refractivity contribution in [1.82, 2.24) is 5.48 Å². The van der Waals surface area contributed by atoms with Crippen LogP contribution < -0.4 is 5.48 Å². The third kappa shape index (κ3) is 5.50. The quantitative estimate of drug-likeness (QED) is 0.442. The maximum absolute atomic E-state index is 4.80. The van der Waals surface area contributed by atoms with Gasteiger partial charge >= 0.3 is 0 Å². The van der Waals surface area contributed by atoms with E-state index >= 15 is 0 Å². The molecule has 2 heteroatoms. The fourth-order valence-electron chi connectivity index (χ4n) is 0.297. The topological polar surface area (TPSA) is 21.3 Å². The molecule has 0 bridgehead atoms. The van der Waals surface area contributed by atoms with Crippen molar-refractivity contribution in [3.63, 3.8) is 0 Å². The van der Waals surface area contributed by atoms with E-state index in [1.807, 2.05) is 13.0 Å². The van der Waals surface area contributed by atoms with Crippen molar-refractivity contribution in [2.24, 2.45) is 0 Å². The summed E-state index contributed by atoms with van der Waals surface area (Å²) >= 11 is 0. The molecule has 0 aromatic rings. The number of nitrogens with one attached hydrogen (secondary N) is 1. The van der Waals surface area contributed by atoms with Crippen LogP contribution in [0.4, 0.5) is 0 Å². The van der Waals surface area contributed by atoms with Gasteiger partial charge in [-0.15, -0.1) is 0 Å². The van der Waals surface area contributed by atoms with Crippen molar-refractivity contribution in [1.29, 1.82) is 0 Å². The number of hydrogen-bond donors (Lipinski definition) is 1. The smallest absolute Gasteiger partial charge is 0.0717 e. The molecule has 0 radical (unpaired) electrons. The van der Waals surface area contributed by atoms with E-state index in [0.29, 0.717) is 6.61 Å². The molecule has 0 unspecified atom stereocenters. The fraction of sp³-hybridized carbons (Fsp3) is 0.667. The highest BCUT2D eigenvalue weighted by Crippen LogP contribution is 1.74. The molecule has 0 rings (SSSR count). The van der Waals surface area contributed by atoms with Crippen LogP contribution in [0.15, 0.2) is 12.3 Å². The zero-order valence-corrected chi connectivity index (χ0v) is 5.48. The van der Waals surface area contributed by atoms with Gasteiger partial charge in [-0.05, 0) is 13.3 Å². The lowest BCUT2D eigenvalue weighted by atomic mass is 10.5. The predicted octanol–water partition coefficient (Wildman–Crippen LogP) is 1.45. The summed E-state index contributed by atoms with van der Waals surface area (Å²) in [5.74, 6) is 0. The summed E-state index contributed by atoms with van der Waals surface area (Å²) < 4.78 is 0. The predicted molar refractivity (Wildman–Crippen MR) is 34.2 cm³/mol. The zero-order valence-electron chi connectivity index (χ0n) is 5.48. The average Bonchev–Trinajstić information content (AvgIpc) is 1.81. The molecule has 1 N–H and O–H groups in total. The molecule has 48 valence electrons. The summed E-state index contributed by atoms with van der Waals surface area (Å²) in [5, 5.41) is 0. The second-order valence-corrected chi connectivity index (χ2v) is 1.36. The van der Waals surface area contributed by atoms with Gasteiger partial charge in [-0.2, -0.15) is 0 Å². The van der Waals surface area contributed by atoms with E-state index in [1.165, 1.54) is 0 Å². The van der Waals surface area contributed by atoms with Gasteiger partial charge in [0.25, 0.3) is 0 Å². The van der Waals surface area contributed by atoms with Crippen LogP contribution in [0.2, 0.25) is 0 Å². The lowest BCUT2D eigenvalue weighted by molar-refractivity contribution is 0.0824. The molecule has 0 spiro atoms. The first-order valence-corrected chi connectivity index (χ1v) is 2.94. The van der Waals surface area contributed by atoms with Crippen LogP contribution in [0.1, 0.15) is 20.3 Å². The Bertz CT molecular complexity index is 61.5. The van der Waals surface area contributed by atoms with Gasteiger partial charge < -0.3 is 0 Å². The Morgan fingerprint density at radius 1 is 1.50 bits per heavy atom. The lowest BCUT2D eigenvalue weighted by Crippen LogP contribution is -2.04. The van der Waals surface area contributed by atoms with Crippen molar-refractivity contribution in [3.05, 3.63) is 12.3 Å². The van der Waals surface area contributed by atoms with Crippen LogP contribution in [0, 0.1) is 0 Å². The Labute approximate surface area is 50.5 Å². The van der Waals surface area contributed by atoms with Crippen molar-refractivity contribution in [3.8, 4) is 0 Å². The van der Waals surface area contributed by atoms with E-state index < -0.39 is 0 Å². The molecule has 2 nitrogen and oxygen atoms in total. The molecule has 0 aliphatic heterocycles. The number of hydrogen-bond acceptors (Lipinski definition) is 2. The summed E-state index contributed by atoms with van der Waals surface area (Å²) in [6, 6.07) is 0. The number of hydroxylamine groups is 1. The van der Waals surface area contributed by atoms with Gasteiger partial charge in [0.2, 0.25) is 0 Å². The molecule has 0 atom stereocenters. The molecule has 0 heterocycles. The minimum Gasteiger partial charge on any atom is -0.277 e. The van der Waals surface area contributed by atoms with Gasteiger partial charge in [0, 0.05) is 6.20 Å². The van der Waals surface area contributed by atoms with Crippen LogP contribution in [0.25, 0.3) is 0 Å². The Morgan fingerprint density at radius 3 is 2.75 bits per heavy atom. The van der Waals surface area contributed by atoms with Gasteiger partial charge in [-0.1, -0.05) is 13.0 Å². The highest BCUT2D eigenvalue weighted by molar-refractivity contribution is 4.73. The molecule has 0 fully saturated rings. The fourth-order valence-corrected chi connectivity index (χ4v) is 0.297. The van der Waals surface area contributed by atoms with E-state index in [1.54, 1.807) is 6.20 Å². The first-order chi connectivity index (χ1) is 3.91. The summed E-state index contributed by atoms with van der Waals surface area (Å²) in [7, 11) is 0. The van der Waals surface area contributed by atoms with Crippen LogP contribution in [-0.2, 0) is 4.84 Å². The Morgan fingerprint density at radius 2 is 2.25 bits per heavy atom. The zero-order chi connectivity index (χ0) is 6.24. The second kappa shape index (κ2) is 6.50. The molecular formula is C6H13NO. The van der Waals surface area contributed by atoms with Crippen LogP contribution >= 0.6 is 0 Å². The molecule has 0 amide bonds. The summed E-state index contributed by atoms with van der Waals surface area (Å²) in [4.78, 5) is 4.80. The Balaban J connectivity index is 2.80. The summed E-state index contributed by atoms with van der Waals surface area (Å²) in [5.41, 5.74) is 2.66. The molecule has 0 aliphatic carbocycles. The highest BCUT2D eigenvalue weighted by atomic mass is 16.6. The molecular weight excluding hydrogens is 102 g/mol. The SMILES string of the molecule is CC/C=C/NOCC. The van der Waals surface area contributed by atoms with E-state index in [0.717, 1.165) is 6.42 Å². The van der Waals surface area contributed by atoms with Gasteiger partial charge in [0.1, 0.15) is 0 Å². The minimum atomic E-state index is 0.702. The largest absolute Gasteiger partial charge is 0.277 e. The maximum Gasteiger partial charge on any atom is 0.0717 e. The molecule has 0 saturated heterocycles. The van der Waals surface area contributed by atoms with E-state index in [4.69, 9.17) is 4.84 Å². The molecule has 0 saturated carbocycles. The summed E-state index contributed by atoms with van der Waals surface area (Å²) in [6.07, 6.45) is 4.83. The van der Waals surface area contributed by atoms with Gasteiger partial charge in [-0.25, -0.2) is 0 Å². The maximum atomic E-state index is 4.80. The van der Waals surface area contributed by atoms with E-state index in [2.05, 4.69) is 12.4 Å². The van der Waals surface area contributed by atoms with E-state index in [-0.39, 0.29) is 0 Å². The highest BCUT2D eigenvalue weighted by Gasteiger charge is 1.68. The first-order valence-electron chi connectivity index (χ1n) is 2.94. The van der Waals surface area contributed by atoms with Crippen molar-refractivity contribution in [2.45, 2.75) is 20.3 Å². The summed E-state index contributed by atoms with van der Waals surface area (Å²) in [6.45, 7) is 4.71. The first kappa shape index (κ1) is 7.50. The molecule has 0 aromatic heterocycles. The normalized spacial score (nSPS) is 10.2. The van der Waals surface area contributed by atoms with Crippen LogP contribution in [0.5, 0.6) is 0 Å². The Kier molecular flexibility index (Phi) is 6.09. The molecule has 0 aliphatic rings. The number of rotatable bonds is 4. The third-order valence-corrected chi connectivity index (χ3v) is 0.649. The molecule has 0 aromatic carbocycles.